The van der Waals surface area contributed by atoms with Crippen LogP contribution >= 0.6 is 0 Å². The van der Waals surface area contributed by atoms with E-state index in [9.17, 15) is 4.79 Å². The molecule has 0 radical (unpaired) electrons. The minimum Gasteiger partial charge on any atom is -0.340 e. The van der Waals surface area contributed by atoms with Crippen LogP contribution in [0, 0.1) is 0 Å². The van der Waals surface area contributed by atoms with E-state index in [2.05, 4.69) is 29.3 Å². The maximum Gasteiger partial charge on any atom is 0.233 e. The first-order valence-electron chi connectivity index (χ1n) is 7.84. The van der Waals surface area contributed by atoms with Gasteiger partial charge in [0, 0.05) is 19.1 Å². The maximum absolute atomic E-state index is 12.9. The van der Waals surface area contributed by atoms with Crippen molar-refractivity contribution in [1.29, 1.82) is 0 Å². The van der Waals surface area contributed by atoms with E-state index in [0.29, 0.717) is 11.9 Å². The molecule has 1 heterocycles. The number of carbonyl (C=O) groups excluding carboxylic acids is 1. The molecule has 1 amide bonds. The molecule has 1 aliphatic heterocycles. The monoisotopic (exact) mass is 272 g/mol. The van der Waals surface area contributed by atoms with E-state index in [4.69, 9.17) is 0 Å². The van der Waals surface area contributed by atoms with Crippen molar-refractivity contribution in [3.8, 4) is 0 Å². The number of nitrogens with zero attached hydrogens (tertiary/aromatic N) is 1. The molecule has 1 atom stereocenters. The number of piperidine rings is 1. The lowest BCUT2D eigenvalue weighted by Crippen LogP contribution is -2.50. The van der Waals surface area contributed by atoms with Gasteiger partial charge in [0.1, 0.15) is 0 Å². The van der Waals surface area contributed by atoms with Gasteiger partial charge in [0.05, 0.1) is 5.41 Å². The molecule has 0 spiro atoms. The lowest BCUT2D eigenvalue weighted by atomic mass is 9.93. The molecule has 2 fully saturated rings. The minimum absolute atomic E-state index is 0.199. The van der Waals surface area contributed by atoms with Crippen molar-refractivity contribution < 1.29 is 4.79 Å². The first-order valence-corrected chi connectivity index (χ1v) is 7.84. The van der Waals surface area contributed by atoms with Crippen molar-refractivity contribution in [2.24, 2.45) is 0 Å². The standard InChI is InChI=1S/C17H24N2O/c1-2-18-15-9-6-12-19(13-15)16(20)17(10-11-17)14-7-4-3-5-8-14/h3-5,7-8,15,18H,2,6,9-13H2,1H3. The number of likely N-dealkylation sites (tertiary alicyclic amines) is 1. The molecule has 3 nitrogen and oxygen atoms in total. The van der Waals surface area contributed by atoms with Gasteiger partial charge in [0.25, 0.3) is 0 Å². The predicted molar refractivity (Wildman–Crippen MR) is 80.6 cm³/mol. The summed E-state index contributed by atoms with van der Waals surface area (Å²) >= 11 is 0. The van der Waals surface area contributed by atoms with Crippen LogP contribution in [0.4, 0.5) is 0 Å². The normalized spacial score (nSPS) is 24.4. The Balaban J connectivity index is 1.72. The molecule has 1 unspecified atom stereocenters. The highest BCUT2D eigenvalue weighted by molar-refractivity contribution is 5.91. The summed E-state index contributed by atoms with van der Waals surface area (Å²) in [4.78, 5) is 15.0. The molecule has 3 rings (SSSR count). The smallest absolute Gasteiger partial charge is 0.233 e. The Labute approximate surface area is 121 Å². The van der Waals surface area contributed by atoms with E-state index in [0.717, 1.165) is 38.9 Å². The van der Waals surface area contributed by atoms with Gasteiger partial charge in [-0.05, 0) is 37.8 Å². The molecular formula is C17H24N2O. The molecule has 1 aromatic carbocycles. The Hall–Kier alpha value is -1.35. The molecule has 108 valence electrons. The van der Waals surface area contributed by atoms with Gasteiger partial charge in [-0.15, -0.1) is 0 Å². The van der Waals surface area contributed by atoms with Crippen molar-refractivity contribution in [1.82, 2.24) is 10.2 Å². The van der Waals surface area contributed by atoms with Gasteiger partial charge in [-0.2, -0.15) is 0 Å². The zero-order chi connectivity index (χ0) is 14.0. The molecule has 1 aliphatic carbocycles. The number of amides is 1. The first-order chi connectivity index (χ1) is 9.76. The van der Waals surface area contributed by atoms with Gasteiger partial charge < -0.3 is 10.2 Å². The summed E-state index contributed by atoms with van der Waals surface area (Å²) in [5, 5.41) is 3.49. The van der Waals surface area contributed by atoms with Crippen molar-refractivity contribution >= 4 is 5.91 Å². The summed E-state index contributed by atoms with van der Waals surface area (Å²) in [6.07, 6.45) is 4.33. The van der Waals surface area contributed by atoms with Gasteiger partial charge >= 0.3 is 0 Å². The Morgan fingerprint density at radius 2 is 2.10 bits per heavy atom. The van der Waals surface area contributed by atoms with E-state index in [1.54, 1.807) is 0 Å². The highest BCUT2D eigenvalue weighted by Gasteiger charge is 2.53. The highest BCUT2D eigenvalue weighted by Crippen LogP contribution is 2.49. The number of nitrogens with one attached hydrogen (secondary N) is 1. The average molecular weight is 272 g/mol. The SMILES string of the molecule is CCNC1CCCN(C(=O)C2(c3ccccc3)CC2)C1. The molecule has 1 saturated heterocycles. The van der Waals surface area contributed by atoms with Gasteiger partial charge in [0.15, 0.2) is 0 Å². The van der Waals surface area contributed by atoms with Crippen molar-refractivity contribution in [2.75, 3.05) is 19.6 Å². The van der Waals surface area contributed by atoms with Crippen LogP contribution in [0.3, 0.4) is 0 Å². The fraction of sp³-hybridized carbons (Fsp3) is 0.588. The summed E-state index contributed by atoms with van der Waals surface area (Å²) in [7, 11) is 0. The van der Waals surface area contributed by atoms with Gasteiger partial charge in [-0.1, -0.05) is 37.3 Å². The van der Waals surface area contributed by atoms with Gasteiger partial charge in [0.2, 0.25) is 5.91 Å². The van der Waals surface area contributed by atoms with Crippen LogP contribution in [-0.4, -0.2) is 36.5 Å². The summed E-state index contributed by atoms with van der Waals surface area (Å²) in [6, 6.07) is 10.8. The van der Waals surface area contributed by atoms with E-state index in [1.807, 2.05) is 18.2 Å². The summed E-state index contributed by atoms with van der Waals surface area (Å²) in [5.41, 5.74) is 1.01. The third-order valence-electron chi connectivity index (χ3n) is 4.69. The second-order valence-electron chi connectivity index (χ2n) is 6.10. The van der Waals surface area contributed by atoms with Crippen LogP contribution < -0.4 is 5.32 Å². The van der Waals surface area contributed by atoms with E-state index in [1.165, 1.54) is 12.0 Å². The second kappa shape index (κ2) is 5.57. The molecule has 0 aromatic heterocycles. The Kier molecular flexibility index (Phi) is 3.79. The molecule has 1 saturated carbocycles. The number of rotatable bonds is 4. The van der Waals surface area contributed by atoms with E-state index >= 15 is 0 Å². The summed E-state index contributed by atoms with van der Waals surface area (Å²) in [6.45, 7) is 4.92. The average Bonchev–Trinajstić information content (AvgIpc) is 3.30. The molecule has 0 bridgehead atoms. The van der Waals surface area contributed by atoms with Crippen LogP contribution in [0.2, 0.25) is 0 Å². The molecule has 1 N–H and O–H groups in total. The summed E-state index contributed by atoms with van der Waals surface area (Å²) < 4.78 is 0. The summed E-state index contributed by atoms with van der Waals surface area (Å²) in [5.74, 6) is 0.353. The number of benzene rings is 1. The molecular weight excluding hydrogens is 248 g/mol. The number of hydrogen-bond acceptors (Lipinski definition) is 2. The number of likely N-dealkylation sites (N-methyl/N-ethyl adjacent to an activating group) is 1. The topological polar surface area (TPSA) is 32.3 Å². The third kappa shape index (κ3) is 2.47. The molecule has 1 aromatic rings. The molecule has 20 heavy (non-hydrogen) atoms. The Morgan fingerprint density at radius 1 is 1.35 bits per heavy atom. The zero-order valence-electron chi connectivity index (χ0n) is 12.3. The van der Waals surface area contributed by atoms with E-state index < -0.39 is 0 Å². The fourth-order valence-electron chi connectivity index (χ4n) is 3.43. The minimum atomic E-state index is -0.199. The molecule has 2 aliphatic rings. The van der Waals surface area contributed by atoms with Crippen molar-refractivity contribution in [3.63, 3.8) is 0 Å². The van der Waals surface area contributed by atoms with Crippen LogP contribution in [0.25, 0.3) is 0 Å². The highest BCUT2D eigenvalue weighted by atomic mass is 16.2. The largest absolute Gasteiger partial charge is 0.340 e. The number of carbonyl (C=O) groups is 1. The van der Waals surface area contributed by atoms with E-state index in [-0.39, 0.29) is 5.41 Å². The zero-order valence-corrected chi connectivity index (χ0v) is 12.3. The van der Waals surface area contributed by atoms with Crippen molar-refractivity contribution in [2.45, 2.75) is 44.1 Å². The lowest BCUT2D eigenvalue weighted by molar-refractivity contribution is -0.135. The maximum atomic E-state index is 12.9. The fourth-order valence-corrected chi connectivity index (χ4v) is 3.43. The first kappa shape index (κ1) is 13.6. The number of hydrogen-bond donors (Lipinski definition) is 1. The Morgan fingerprint density at radius 3 is 2.75 bits per heavy atom. The quantitative estimate of drug-likeness (QED) is 0.912. The predicted octanol–water partition coefficient (Wildman–Crippen LogP) is 2.32. The Bertz CT molecular complexity index is 465. The molecule has 3 heteroatoms. The van der Waals surface area contributed by atoms with Gasteiger partial charge in [-0.25, -0.2) is 0 Å². The van der Waals surface area contributed by atoms with Crippen molar-refractivity contribution in [3.05, 3.63) is 35.9 Å². The lowest BCUT2D eigenvalue weighted by Gasteiger charge is -2.35. The van der Waals surface area contributed by atoms with Gasteiger partial charge in [-0.3, -0.25) is 4.79 Å². The van der Waals surface area contributed by atoms with Crippen LogP contribution in [0.1, 0.15) is 38.2 Å². The van der Waals surface area contributed by atoms with Crippen LogP contribution in [0.5, 0.6) is 0 Å². The second-order valence-corrected chi connectivity index (χ2v) is 6.10. The van der Waals surface area contributed by atoms with Crippen LogP contribution in [0.15, 0.2) is 30.3 Å². The van der Waals surface area contributed by atoms with Crippen LogP contribution in [-0.2, 0) is 10.2 Å². The third-order valence-corrected chi connectivity index (χ3v) is 4.69.